The number of hydrogen-bond donors (Lipinski definition) is 0. The summed E-state index contributed by atoms with van der Waals surface area (Å²) in [6.45, 7) is 0. The maximum Gasteiger partial charge on any atom is 0.317 e. The van der Waals surface area contributed by atoms with Crippen molar-refractivity contribution in [1.29, 1.82) is 0 Å². The SMILES string of the molecule is O=C(Cc1csc(-c2cccnc2)n1)Oc1c(Cl)cc(Cl)cc1Cl. The minimum atomic E-state index is -0.510. The molecule has 0 aliphatic heterocycles. The topological polar surface area (TPSA) is 52.1 Å². The third-order valence-corrected chi connectivity index (χ3v) is 4.68. The molecule has 0 aliphatic carbocycles. The van der Waals surface area contributed by atoms with Gasteiger partial charge in [0.15, 0.2) is 5.75 Å². The lowest BCUT2D eigenvalue weighted by atomic mass is 10.3. The van der Waals surface area contributed by atoms with E-state index in [0.717, 1.165) is 10.6 Å². The lowest BCUT2D eigenvalue weighted by Gasteiger charge is -2.08. The van der Waals surface area contributed by atoms with Crippen molar-refractivity contribution in [1.82, 2.24) is 9.97 Å². The van der Waals surface area contributed by atoms with Crippen LogP contribution in [0.5, 0.6) is 5.75 Å². The van der Waals surface area contributed by atoms with Gasteiger partial charge >= 0.3 is 5.97 Å². The summed E-state index contributed by atoms with van der Waals surface area (Å²) in [5.41, 5.74) is 1.50. The largest absolute Gasteiger partial charge is 0.423 e. The minimum Gasteiger partial charge on any atom is -0.423 e. The zero-order valence-electron chi connectivity index (χ0n) is 12.0. The van der Waals surface area contributed by atoms with E-state index in [9.17, 15) is 4.79 Å². The van der Waals surface area contributed by atoms with Gasteiger partial charge in [-0.1, -0.05) is 34.8 Å². The summed E-state index contributed by atoms with van der Waals surface area (Å²) < 4.78 is 5.24. The van der Waals surface area contributed by atoms with Crippen LogP contribution in [0.1, 0.15) is 5.69 Å². The Hall–Kier alpha value is -1.66. The molecule has 0 saturated carbocycles. The number of carbonyl (C=O) groups is 1. The lowest BCUT2D eigenvalue weighted by molar-refractivity contribution is -0.133. The molecule has 1 aromatic carbocycles. The number of halogens is 3. The van der Waals surface area contributed by atoms with Crippen LogP contribution >= 0.6 is 46.1 Å². The molecule has 0 fully saturated rings. The van der Waals surface area contributed by atoms with Crippen LogP contribution in [0.15, 0.2) is 42.0 Å². The van der Waals surface area contributed by atoms with Crippen molar-refractivity contribution in [2.75, 3.05) is 0 Å². The van der Waals surface area contributed by atoms with E-state index in [1.807, 2.05) is 12.1 Å². The average molecular weight is 400 g/mol. The highest BCUT2D eigenvalue weighted by molar-refractivity contribution is 7.13. The Kier molecular flexibility index (Phi) is 5.36. The van der Waals surface area contributed by atoms with E-state index in [-0.39, 0.29) is 22.2 Å². The van der Waals surface area contributed by atoms with Gasteiger partial charge in [-0.2, -0.15) is 0 Å². The van der Waals surface area contributed by atoms with Gasteiger partial charge in [0.1, 0.15) is 5.01 Å². The summed E-state index contributed by atoms with van der Waals surface area (Å²) in [4.78, 5) is 20.6. The zero-order valence-corrected chi connectivity index (χ0v) is 15.1. The van der Waals surface area contributed by atoms with E-state index in [4.69, 9.17) is 39.5 Å². The maximum absolute atomic E-state index is 12.1. The molecule has 0 spiro atoms. The van der Waals surface area contributed by atoms with Crippen LogP contribution < -0.4 is 4.74 Å². The lowest BCUT2D eigenvalue weighted by Crippen LogP contribution is -2.12. The molecule has 2 aromatic heterocycles. The van der Waals surface area contributed by atoms with E-state index >= 15 is 0 Å². The molecule has 122 valence electrons. The van der Waals surface area contributed by atoms with Crippen LogP contribution in [0, 0.1) is 0 Å². The summed E-state index contributed by atoms with van der Waals surface area (Å²) in [7, 11) is 0. The number of hydrogen-bond acceptors (Lipinski definition) is 5. The normalized spacial score (nSPS) is 10.6. The Labute approximate surface area is 157 Å². The number of benzene rings is 1. The van der Waals surface area contributed by atoms with Crippen molar-refractivity contribution in [2.24, 2.45) is 0 Å². The van der Waals surface area contributed by atoms with E-state index in [0.29, 0.717) is 10.7 Å². The van der Waals surface area contributed by atoms with Crippen LogP contribution in [0.2, 0.25) is 15.1 Å². The standard InChI is InChI=1S/C16H9Cl3N2O2S/c17-10-4-12(18)15(13(19)5-10)23-14(22)6-11-8-24-16(21-11)9-2-1-3-20-7-9/h1-5,7-8H,6H2. The second-order valence-corrected chi connectivity index (χ2v) is 6.84. The third kappa shape index (κ3) is 4.05. The van der Waals surface area contributed by atoms with Crippen LogP contribution in [0.25, 0.3) is 10.6 Å². The molecule has 0 bridgehead atoms. The Bertz CT molecular complexity index is 861. The molecule has 3 rings (SSSR count). The first kappa shape index (κ1) is 17.2. The van der Waals surface area contributed by atoms with E-state index in [1.165, 1.54) is 23.5 Å². The number of nitrogens with zero attached hydrogens (tertiary/aromatic N) is 2. The number of rotatable bonds is 4. The highest BCUT2D eigenvalue weighted by Crippen LogP contribution is 2.36. The van der Waals surface area contributed by atoms with Gasteiger partial charge in [0.25, 0.3) is 0 Å². The van der Waals surface area contributed by atoms with Gasteiger partial charge in [0.2, 0.25) is 0 Å². The van der Waals surface area contributed by atoms with Crippen molar-refractivity contribution in [3.05, 3.63) is 62.8 Å². The highest BCUT2D eigenvalue weighted by Gasteiger charge is 2.16. The van der Waals surface area contributed by atoms with Crippen molar-refractivity contribution < 1.29 is 9.53 Å². The number of aromatic nitrogens is 2. The summed E-state index contributed by atoms with van der Waals surface area (Å²) in [6, 6.07) is 6.65. The average Bonchev–Trinajstić information content (AvgIpc) is 3.00. The first-order chi connectivity index (χ1) is 11.5. The first-order valence-electron chi connectivity index (χ1n) is 6.73. The van der Waals surface area contributed by atoms with E-state index < -0.39 is 5.97 Å². The minimum absolute atomic E-state index is 0.00600. The Morgan fingerprint density at radius 3 is 2.62 bits per heavy atom. The molecule has 0 radical (unpaired) electrons. The second kappa shape index (κ2) is 7.49. The highest BCUT2D eigenvalue weighted by atomic mass is 35.5. The molecular weight excluding hydrogens is 391 g/mol. The van der Waals surface area contributed by atoms with Crippen LogP contribution in [-0.2, 0) is 11.2 Å². The molecular formula is C16H9Cl3N2O2S. The Morgan fingerprint density at radius 2 is 1.96 bits per heavy atom. The molecule has 2 heterocycles. The predicted octanol–water partition coefficient (Wildman–Crippen LogP) is 5.31. The van der Waals surface area contributed by atoms with Gasteiger partial charge < -0.3 is 4.74 Å². The van der Waals surface area contributed by atoms with Gasteiger partial charge in [0, 0.05) is 28.4 Å². The van der Waals surface area contributed by atoms with E-state index in [2.05, 4.69) is 9.97 Å². The van der Waals surface area contributed by atoms with Gasteiger partial charge in [0.05, 0.1) is 22.2 Å². The fraction of sp³-hybridized carbons (Fsp3) is 0.0625. The number of pyridine rings is 1. The first-order valence-corrected chi connectivity index (χ1v) is 8.74. The second-order valence-electron chi connectivity index (χ2n) is 4.74. The van der Waals surface area contributed by atoms with Crippen molar-refractivity contribution in [3.8, 4) is 16.3 Å². The van der Waals surface area contributed by atoms with Crippen molar-refractivity contribution >= 4 is 52.1 Å². The number of carbonyl (C=O) groups excluding carboxylic acids is 1. The summed E-state index contributed by atoms with van der Waals surface area (Å²) >= 11 is 19.3. The summed E-state index contributed by atoms with van der Waals surface area (Å²) in [5.74, 6) is -0.417. The molecule has 4 nitrogen and oxygen atoms in total. The van der Waals surface area contributed by atoms with Crippen LogP contribution in [0.3, 0.4) is 0 Å². The molecule has 3 aromatic rings. The van der Waals surface area contributed by atoms with Gasteiger partial charge in [-0.15, -0.1) is 11.3 Å². The van der Waals surface area contributed by atoms with Crippen LogP contribution in [-0.4, -0.2) is 15.9 Å². The summed E-state index contributed by atoms with van der Waals surface area (Å²) in [5, 5.41) is 3.30. The smallest absolute Gasteiger partial charge is 0.317 e. The van der Waals surface area contributed by atoms with Crippen molar-refractivity contribution in [2.45, 2.75) is 6.42 Å². The molecule has 0 saturated heterocycles. The predicted molar refractivity (Wildman–Crippen MR) is 96.2 cm³/mol. The van der Waals surface area contributed by atoms with Gasteiger partial charge in [-0.3, -0.25) is 9.78 Å². The molecule has 24 heavy (non-hydrogen) atoms. The van der Waals surface area contributed by atoms with Crippen LogP contribution in [0.4, 0.5) is 0 Å². The number of ether oxygens (including phenoxy) is 1. The zero-order chi connectivity index (χ0) is 17.1. The quantitative estimate of drug-likeness (QED) is 0.440. The molecule has 0 N–H and O–H groups in total. The van der Waals surface area contributed by atoms with Gasteiger partial charge in [-0.25, -0.2) is 4.98 Å². The molecule has 0 unspecified atom stereocenters. The Morgan fingerprint density at radius 1 is 1.21 bits per heavy atom. The van der Waals surface area contributed by atoms with Crippen molar-refractivity contribution in [3.63, 3.8) is 0 Å². The molecule has 0 aliphatic rings. The maximum atomic E-state index is 12.1. The summed E-state index contributed by atoms with van der Waals surface area (Å²) in [6.07, 6.45) is 3.41. The van der Waals surface area contributed by atoms with Gasteiger partial charge in [-0.05, 0) is 24.3 Å². The fourth-order valence-electron chi connectivity index (χ4n) is 1.93. The monoisotopic (exact) mass is 398 g/mol. The number of thiazole rings is 1. The third-order valence-electron chi connectivity index (χ3n) is 2.96. The fourth-order valence-corrected chi connectivity index (χ4v) is 3.64. The molecule has 0 atom stereocenters. The Balaban J connectivity index is 1.71. The number of esters is 1. The molecule has 0 amide bonds. The van der Waals surface area contributed by atoms with E-state index in [1.54, 1.807) is 17.8 Å². The molecule has 8 heteroatoms.